The molecule has 5 heteroatoms. The highest BCUT2D eigenvalue weighted by Crippen LogP contribution is 2.26. The molecule has 4 nitrogen and oxygen atoms in total. The minimum Gasteiger partial charge on any atom is -0.487 e. The van der Waals surface area contributed by atoms with Crippen LogP contribution >= 0.6 is 11.6 Å². The number of halogens is 1. The minimum atomic E-state index is 0.407. The van der Waals surface area contributed by atoms with E-state index in [1.807, 2.05) is 42.2 Å². The van der Waals surface area contributed by atoms with Crippen LogP contribution < -0.4 is 10.1 Å². The number of nitrogens with one attached hydrogen (secondary N) is 1. The quantitative estimate of drug-likeness (QED) is 0.845. The zero-order valence-electron chi connectivity index (χ0n) is 12.8. The first-order valence-electron chi connectivity index (χ1n) is 7.24. The van der Waals surface area contributed by atoms with Gasteiger partial charge in [0, 0.05) is 29.4 Å². The number of hydrogen-bond donors (Lipinski definition) is 1. The van der Waals surface area contributed by atoms with Crippen molar-refractivity contribution in [3.63, 3.8) is 0 Å². The van der Waals surface area contributed by atoms with Crippen molar-refractivity contribution in [2.75, 3.05) is 7.05 Å². The Morgan fingerprint density at radius 1 is 1.38 bits per heavy atom. The van der Waals surface area contributed by atoms with Gasteiger partial charge in [-0.3, -0.25) is 4.68 Å². The Morgan fingerprint density at radius 2 is 2.19 bits per heavy atom. The van der Waals surface area contributed by atoms with Gasteiger partial charge in [0.25, 0.3) is 0 Å². The lowest BCUT2D eigenvalue weighted by Crippen LogP contribution is -2.09. The summed E-state index contributed by atoms with van der Waals surface area (Å²) in [6.45, 7) is 5.43. The molecule has 0 radical (unpaired) electrons. The molecule has 0 fully saturated rings. The predicted octanol–water partition coefficient (Wildman–Crippen LogP) is 3.81. The maximum absolute atomic E-state index is 6.21. The van der Waals surface area contributed by atoms with Crippen LogP contribution in [0.15, 0.2) is 30.5 Å². The van der Waals surface area contributed by atoms with E-state index in [-0.39, 0.29) is 0 Å². The summed E-state index contributed by atoms with van der Waals surface area (Å²) in [7, 11) is 1.89. The van der Waals surface area contributed by atoms with Crippen LogP contribution in [0.5, 0.6) is 5.75 Å². The highest BCUT2D eigenvalue weighted by Gasteiger charge is 2.09. The van der Waals surface area contributed by atoms with Crippen LogP contribution in [-0.2, 0) is 13.2 Å². The van der Waals surface area contributed by atoms with Gasteiger partial charge >= 0.3 is 0 Å². The highest BCUT2D eigenvalue weighted by molar-refractivity contribution is 6.31. The summed E-state index contributed by atoms with van der Waals surface area (Å²) in [4.78, 5) is 0. The van der Waals surface area contributed by atoms with Gasteiger partial charge in [-0.1, -0.05) is 24.6 Å². The van der Waals surface area contributed by atoms with Crippen molar-refractivity contribution in [3.8, 4) is 5.75 Å². The maximum atomic E-state index is 6.21. The fraction of sp³-hybridized carbons (Fsp3) is 0.438. The van der Waals surface area contributed by atoms with Gasteiger partial charge in [-0.2, -0.15) is 5.10 Å². The van der Waals surface area contributed by atoms with Gasteiger partial charge < -0.3 is 10.1 Å². The molecule has 1 unspecified atom stereocenters. The van der Waals surface area contributed by atoms with Crippen molar-refractivity contribution in [3.05, 3.63) is 46.7 Å². The maximum Gasteiger partial charge on any atom is 0.132 e. The monoisotopic (exact) mass is 307 g/mol. The van der Waals surface area contributed by atoms with Crippen LogP contribution in [0.4, 0.5) is 0 Å². The number of nitrogens with zero attached hydrogens (tertiary/aromatic N) is 2. The van der Waals surface area contributed by atoms with Crippen molar-refractivity contribution in [2.24, 2.45) is 0 Å². The van der Waals surface area contributed by atoms with E-state index in [0.717, 1.165) is 23.4 Å². The third kappa shape index (κ3) is 3.99. The first-order valence-corrected chi connectivity index (χ1v) is 7.62. The van der Waals surface area contributed by atoms with Gasteiger partial charge in [-0.15, -0.1) is 0 Å². The molecule has 0 amide bonds. The third-order valence-electron chi connectivity index (χ3n) is 3.51. The molecular weight excluding hydrogens is 286 g/mol. The van der Waals surface area contributed by atoms with Gasteiger partial charge in [-0.25, -0.2) is 0 Å². The smallest absolute Gasteiger partial charge is 0.132 e. The summed E-state index contributed by atoms with van der Waals surface area (Å²) in [5, 5.41) is 8.36. The van der Waals surface area contributed by atoms with E-state index in [1.165, 1.54) is 0 Å². The van der Waals surface area contributed by atoms with Crippen LogP contribution in [0.25, 0.3) is 0 Å². The zero-order valence-corrected chi connectivity index (χ0v) is 13.5. The van der Waals surface area contributed by atoms with Crippen molar-refractivity contribution < 1.29 is 4.74 Å². The molecular formula is C16H22ClN3O. The van der Waals surface area contributed by atoms with Crippen molar-refractivity contribution >= 4 is 11.6 Å². The van der Waals surface area contributed by atoms with Gasteiger partial charge in [-0.05, 0) is 38.6 Å². The normalized spacial score (nSPS) is 12.4. The van der Waals surface area contributed by atoms with Crippen LogP contribution in [-0.4, -0.2) is 16.8 Å². The number of hydrogen-bond acceptors (Lipinski definition) is 3. The van der Waals surface area contributed by atoms with Crippen molar-refractivity contribution in [2.45, 2.75) is 39.5 Å². The van der Waals surface area contributed by atoms with Crippen LogP contribution in [0.1, 0.15) is 37.6 Å². The van der Waals surface area contributed by atoms with Crippen molar-refractivity contribution in [1.82, 2.24) is 15.1 Å². The van der Waals surface area contributed by atoms with Gasteiger partial charge in [0.2, 0.25) is 0 Å². The minimum absolute atomic E-state index is 0.407. The molecule has 1 aromatic carbocycles. The Morgan fingerprint density at radius 3 is 2.90 bits per heavy atom. The average Bonchev–Trinajstić information content (AvgIpc) is 2.96. The Labute approximate surface area is 131 Å². The summed E-state index contributed by atoms with van der Waals surface area (Å²) in [6.07, 6.45) is 3.06. The predicted molar refractivity (Wildman–Crippen MR) is 85.8 cm³/mol. The molecule has 0 saturated carbocycles. The molecule has 1 aromatic heterocycles. The number of ether oxygens (including phenoxy) is 1. The topological polar surface area (TPSA) is 39.1 Å². The van der Waals surface area contributed by atoms with Crippen LogP contribution in [0.3, 0.4) is 0 Å². The van der Waals surface area contributed by atoms with Gasteiger partial charge in [0.1, 0.15) is 12.4 Å². The van der Waals surface area contributed by atoms with E-state index in [0.29, 0.717) is 24.2 Å². The van der Waals surface area contributed by atoms with Gasteiger partial charge in [0.05, 0.1) is 5.69 Å². The van der Waals surface area contributed by atoms with E-state index in [9.17, 15) is 0 Å². The van der Waals surface area contributed by atoms with Crippen molar-refractivity contribution in [1.29, 1.82) is 0 Å². The van der Waals surface area contributed by atoms with Crippen LogP contribution in [0.2, 0.25) is 5.02 Å². The molecule has 21 heavy (non-hydrogen) atoms. The Bertz CT molecular complexity index is 583. The molecule has 0 saturated heterocycles. The van der Waals surface area contributed by atoms with E-state index in [4.69, 9.17) is 16.3 Å². The standard InChI is InChI=1S/C16H22ClN3O/c1-4-12(2)20-9-8-13(19-20)11-21-16-7-5-6-15(17)14(16)10-18-3/h5-9,12,18H,4,10-11H2,1-3H3. The molecule has 2 aromatic rings. The molecule has 114 valence electrons. The lowest BCUT2D eigenvalue weighted by molar-refractivity contribution is 0.294. The summed E-state index contributed by atoms with van der Waals surface area (Å²) >= 11 is 6.21. The molecule has 0 bridgehead atoms. The molecule has 1 N–H and O–H groups in total. The molecule has 1 heterocycles. The molecule has 0 aliphatic carbocycles. The summed E-state index contributed by atoms with van der Waals surface area (Å²) in [6, 6.07) is 8.11. The van der Waals surface area contributed by atoms with E-state index >= 15 is 0 Å². The second-order valence-corrected chi connectivity index (χ2v) is 5.49. The third-order valence-corrected chi connectivity index (χ3v) is 3.87. The summed E-state index contributed by atoms with van der Waals surface area (Å²) in [5.41, 5.74) is 1.90. The fourth-order valence-electron chi connectivity index (χ4n) is 2.06. The lowest BCUT2D eigenvalue weighted by atomic mass is 10.2. The number of rotatable bonds is 7. The highest BCUT2D eigenvalue weighted by atomic mass is 35.5. The lowest BCUT2D eigenvalue weighted by Gasteiger charge is -2.12. The van der Waals surface area contributed by atoms with E-state index in [1.54, 1.807) is 0 Å². The molecule has 0 aliphatic heterocycles. The molecule has 0 spiro atoms. The Kier molecular flexibility index (Phi) is 5.65. The molecule has 0 aliphatic rings. The van der Waals surface area contributed by atoms with E-state index < -0.39 is 0 Å². The second kappa shape index (κ2) is 7.48. The SMILES string of the molecule is CCC(C)n1ccc(COc2cccc(Cl)c2CNC)n1. The van der Waals surface area contributed by atoms with Crippen LogP contribution in [0, 0.1) is 0 Å². The number of benzene rings is 1. The molecule has 1 atom stereocenters. The Hall–Kier alpha value is -1.52. The largest absolute Gasteiger partial charge is 0.487 e. The first-order chi connectivity index (χ1) is 10.2. The number of aromatic nitrogens is 2. The fourth-order valence-corrected chi connectivity index (χ4v) is 2.29. The summed E-state index contributed by atoms with van der Waals surface area (Å²) in [5.74, 6) is 0.801. The molecule has 2 rings (SSSR count). The van der Waals surface area contributed by atoms with Gasteiger partial charge in [0.15, 0.2) is 0 Å². The van der Waals surface area contributed by atoms with E-state index in [2.05, 4.69) is 24.3 Å². The zero-order chi connectivity index (χ0) is 15.2. The first kappa shape index (κ1) is 15.9. The Balaban J connectivity index is 2.06. The average molecular weight is 308 g/mol. The second-order valence-electron chi connectivity index (χ2n) is 5.08. The summed E-state index contributed by atoms with van der Waals surface area (Å²) < 4.78 is 7.86.